The zero-order valence-corrected chi connectivity index (χ0v) is 7.15. The Kier molecular flexibility index (Phi) is 2.68. The van der Waals surface area contributed by atoms with E-state index in [1.165, 1.54) is 0 Å². The Labute approximate surface area is 74.9 Å². The number of rotatable bonds is 1. The van der Waals surface area contributed by atoms with Gasteiger partial charge in [-0.2, -0.15) is 0 Å². The van der Waals surface area contributed by atoms with Crippen molar-refractivity contribution in [2.24, 2.45) is 5.73 Å². The van der Waals surface area contributed by atoms with Gasteiger partial charge in [-0.1, -0.05) is 23.7 Å². The Morgan fingerprint density at radius 2 is 2.09 bits per heavy atom. The molecule has 0 fully saturated rings. The Morgan fingerprint density at radius 3 is 2.64 bits per heavy atom. The van der Waals surface area contributed by atoms with Crippen molar-refractivity contribution in [3.05, 3.63) is 29.3 Å². The van der Waals surface area contributed by atoms with Crippen LogP contribution in [0.2, 0.25) is 5.02 Å². The Balaban J connectivity index is 2.86. The van der Waals surface area contributed by atoms with Gasteiger partial charge >= 0.3 is 0 Å². The zero-order valence-electron chi connectivity index (χ0n) is 5.58. The van der Waals surface area contributed by atoms with E-state index in [9.17, 15) is 0 Å². The van der Waals surface area contributed by atoms with E-state index < -0.39 is 0 Å². The van der Waals surface area contributed by atoms with Crippen molar-refractivity contribution in [1.82, 2.24) is 0 Å². The average Bonchev–Trinajstić information content (AvgIpc) is 1.93. The second-order valence-corrected chi connectivity index (χ2v) is 2.66. The highest BCUT2D eigenvalue weighted by molar-refractivity contribution is 7.80. The molecule has 1 aromatic carbocycles. The molecule has 0 aliphatic carbocycles. The summed E-state index contributed by atoms with van der Waals surface area (Å²) in [6, 6.07) is 6.99. The lowest BCUT2D eigenvalue weighted by molar-refractivity contribution is 0.557. The number of nitrogens with two attached hydrogens (primary N) is 1. The minimum Gasteiger partial charge on any atom is -0.430 e. The molecule has 4 heteroatoms. The maximum Gasteiger partial charge on any atom is 0.259 e. The first kappa shape index (κ1) is 8.30. The van der Waals surface area contributed by atoms with E-state index in [0.29, 0.717) is 10.8 Å². The first-order chi connectivity index (χ1) is 5.20. The van der Waals surface area contributed by atoms with Crippen LogP contribution in [0.5, 0.6) is 5.75 Å². The first-order valence-electron chi connectivity index (χ1n) is 2.92. The summed E-state index contributed by atoms with van der Waals surface area (Å²) in [7, 11) is 0. The molecule has 0 unspecified atom stereocenters. The van der Waals surface area contributed by atoms with Gasteiger partial charge < -0.3 is 10.5 Å². The molecule has 0 saturated heterocycles. The van der Waals surface area contributed by atoms with Crippen LogP contribution in [0, 0.1) is 0 Å². The summed E-state index contributed by atoms with van der Waals surface area (Å²) in [6.07, 6.45) is 0. The van der Waals surface area contributed by atoms with Crippen molar-refractivity contribution >= 4 is 29.0 Å². The zero-order chi connectivity index (χ0) is 8.27. The molecule has 0 amide bonds. The lowest BCUT2D eigenvalue weighted by Crippen LogP contribution is -2.15. The molecule has 0 radical (unpaired) electrons. The number of halogens is 1. The maximum absolute atomic E-state index is 5.73. The topological polar surface area (TPSA) is 35.2 Å². The fourth-order valence-corrected chi connectivity index (χ4v) is 0.900. The molecule has 11 heavy (non-hydrogen) atoms. The molecule has 0 spiro atoms. The fraction of sp³-hybridized carbons (Fsp3) is 0. The second-order valence-electron chi connectivity index (χ2n) is 1.85. The van der Waals surface area contributed by atoms with Gasteiger partial charge in [0.15, 0.2) is 0 Å². The van der Waals surface area contributed by atoms with Crippen molar-refractivity contribution in [2.45, 2.75) is 0 Å². The van der Waals surface area contributed by atoms with Gasteiger partial charge in [-0.15, -0.1) is 0 Å². The molecule has 0 aromatic heterocycles. The number of benzene rings is 1. The lowest BCUT2D eigenvalue weighted by atomic mass is 10.3. The predicted molar refractivity (Wildman–Crippen MR) is 48.9 cm³/mol. The minimum atomic E-state index is -0.0295. The summed E-state index contributed by atoms with van der Waals surface area (Å²) in [5.74, 6) is 0.488. The Hall–Kier alpha value is -0.800. The van der Waals surface area contributed by atoms with Crippen LogP contribution in [-0.2, 0) is 0 Å². The first-order valence-corrected chi connectivity index (χ1v) is 3.70. The van der Waals surface area contributed by atoms with E-state index in [1.807, 2.05) is 0 Å². The summed E-state index contributed by atoms with van der Waals surface area (Å²) < 4.78 is 4.92. The SMILES string of the molecule is NC(=S)Oc1ccccc1Cl. The Morgan fingerprint density at radius 1 is 1.45 bits per heavy atom. The van der Waals surface area contributed by atoms with Crippen LogP contribution in [0.3, 0.4) is 0 Å². The van der Waals surface area contributed by atoms with E-state index in [-0.39, 0.29) is 5.17 Å². The number of ether oxygens (including phenoxy) is 1. The normalized spacial score (nSPS) is 9.18. The van der Waals surface area contributed by atoms with Crippen molar-refractivity contribution in [3.63, 3.8) is 0 Å². The highest BCUT2D eigenvalue weighted by atomic mass is 35.5. The van der Waals surface area contributed by atoms with Gasteiger partial charge in [0.1, 0.15) is 5.75 Å². The molecule has 2 N–H and O–H groups in total. The van der Waals surface area contributed by atoms with Gasteiger partial charge in [-0.05, 0) is 24.4 Å². The van der Waals surface area contributed by atoms with Crippen molar-refractivity contribution < 1.29 is 4.74 Å². The molecule has 0 heterocycles. The number of hydrogen-bond donors (Lipinski definition) is 1. The average molecular weight is 188 g/mol. The molecular weight excluding hydrogens is 182 g/mol. The molecule has 0 saturated carbocycles. The van der Waals surface area contributed by atoms with Gasteiger partial charge in [0.25, 0.3) is 5.17 Å². The molecule has 0 aliphatic heterocycles. The molecule has 0 bridgehead atoms. The van der Waals surface area contributed by atoms with Crippen molar-refractivity contribution in [1.29, 1.82) is 0 Å². The third-order valence-electron chi connectivity index (χ3n) is 1.05. The summed E-state index contributed by atoms with van der Waals surface area (Å²) in [5, 5.41) is 0.471. The standard InChI is InChI=1S/C7H6ClNOS/c8-5-3-1-2-4-6(5)10-7(9)11/h1-4H,(H2,9,11). The van der Waals surface area contributed by atoms with E-state index in [1.54, 1.807) is 24.3 Å². The quantitative estimate of drug-likeness (QED) is 0.683. The highest BCUT2D eigenvalue weighted by Gasteiger charge is 1.99. The molecule has 0 atom stereocenters. The minimum absolute atomic E-state index is 0.0295. The molecule has 58 valence electrons. The third kappa shape index (κ3) is 2.37. The van der Waals surface area contributed by atoms with E-state index >= 15 is 0 Å². The van der Waals surface area contributed by atoms with Crippen LogP contribution in [0.15, 0.2) is 24.3 Å². The van der Waals surface area contributed by atoms with Crippen LogP contribution >= 0.6 is 23.8 Å². The van der Waals surface area contributed by atoms with Gasteiger partial charge in [0.2, 0.25) is 0 Å². The van der Waals surface area contributed by atoms with Crippen molar-refractivity contribution in [3.8, 4) is 5.75 Å². The molecule has 1 aromatic rings. The van der Waals surface area contributed by atoms with Crippen LogP contribution < -0.4 is 10.5 Å². The summed E-state index contributed by atoms with van der Waals surface area (Å²) >= 11 is 10.3. The number of para-hydroxylation sites is 1. The molecule has 1 rings (SSSR count). The van der Waals surface area contributed by atoms with Crippen LogP contribution in [0.25, 0.3) is 0 Å². The second kappa shape index (κ2) is 3.55. The Bertz CT molecular complexity index is 277. The van der Waals surface area contributed by atoms with Crippen LogP contribution in [0.1, 0.15) is 0 Å². The van der Waals surface area contributed by atoms with Gasteiger partial charge in [-0.25, -0.2) is 0 Å². The largest absolute Gasteiger partial charge is 0.430 e. The van der Waals surface area contributed by atoms with E-state index in [2.05, 4.69) is 12.2 Å². The number of hydrogen-bond acceptors (Lipinski definition) is 2. The van der Waals surface area contributed by atoms with Gasteiger partial charge in [0, 0.05) is 0 Å². The molecule has 0 aliphatic rings. The van der Waals surface area contributed by atoms with Crippen molar-refractivity contribution in [2.75, 3.05) is 0 Å². The van der Waals surface area contributed by atoms with Crippen LogP contribution in [-0.4, -0.2) is 5.17 Å². The van der Waals surface area contributed by atoms with Gasteiger partial charge in [-0.3, -0.25) is 0 Å². The fourth-order valence-electron chi connectivity index (χ4n) is 0.636. The van der Waals surface area contributed by atoms with E-state index in [0.717, 1.165) is 0 Å². The summed E-state index contributed by atoms with van der Waals surface area (Å²) in [6.45, 7) is 0. The van der Waals surface area contributed by atoms with Crippen LogP contribution in [0.4, 0.5) is 0 Å². The summed E-state index contributed by atoms with van der Waals surface area (Å²) in [5.41, 5.74) is 5.14. The smallest absolute Gasteiger partial charge is 0.259 e. The molecular formula is C7H6ClNOS. The van der Waals surface area contributed by atoms with E-state index in [4.69, 9.17) is 22.1 Å². The molecule has 2 nitrogen and oxygen atoms in total. The lowest BCUT2D eigenvalue weighted by Gasteiger charge is -2.02. The number of thiocarbonyl (C=S) groups is 1. The third-order valence-corrected chi connectivity index (χ3v) is 1.44. The summed E-state index contributed by atoms with van der Waals surface area (Å²) in [4.78, 5) is 0. The van der Waals surface area contributed by atoms with Gasteiger partial charge in [0.05, 0.1) is 5.02 Å². The predicted octanol–water partition coefficient (Wildman–Crippen LogP) is 1.96. The maximum atomic E-state index is 5.73. The highest BCUT2D eigenvalue weighted by Crippen LogP contribution is 2.22. The monoisotopic (exact) mass is 187 g/mol.